The van der Waals surface area contributed by atoms with Gasteiger partial charge in [-0.1, -0.05) is 12.1 Å². The van der Waals surface area contributed by atoms with Crippen molar-refractivity contribution in [2.75, 3.05) is 26.4 Å². The Kier molecular flexibility index (Phi) is 8.81. The van der Waals surface area contributed by atoms with Crippen LogP contribution in [0.3, 0.4) is 0 Å². The lowest BCUT2D eigenvalue weighted by atomic mass is 9.93. The van der Waals surface area contributed by atoms with Gasteiger partial charge in [0.05, 0.1) is 0 Å². The van der Waals surface area contributed by atoms with Gasteiger partial charge in [0.1, 0.15) is 0 Å². The number of carbonyl (C=O) groups excluding carboxylic acids is 1. The number of piperidine rings is 1. The van der Waals surface area contributed by atoms with E-state index >= 15 is 0 Å². The predicted molar refractivity (Wildman–Crippen MR) is 97.3 cm³/mol. The van der Waals surface area contributed by atoms with Gasteiger partial charge in [-0.25, -0.2) is 0 Å². The fourth-order valence-corrected chi connectivity index (χ4v) is 3.36. The first kappa shape index (κ1) is 20.1. The van der Waals surface area contributed by atoms with Gasteiger partial charge in [0.15, 0.2) is 0 Å². The summed E-state index contributed by atoms with van der Waals surface area (Å²) in [6.45, 7) is 2.78. The lowest BCUT2D eigenvalue weighted by Crippen LogP contribution is -2.30. The second-order valence-electron chi connectivity index (χ2n) is 6.08. The maximum Gasteiger partial charge on any atom is 0.222 e. The predicted octanol–water partition coefficient (Wildman–Crippen LogP) is 2.58. The number of carbonyl (C=O) groups is 1. The van der Waals surface area contributed by atoms with E-state index in [-0.39, 0.29) is 18.3 Å². The van der Waals surface area contributed by atoms with Gasteiger partial charge >= 0.3 is 0 Å². The standard InChI is InChI=1S/C17H26N2O2S.ClH/c1-19(13-15-3-6-16(7-4-15)22(2)21)17(20)8-5-14-9-11-18-12-10-14;/h3-4,6-7,14,18H,5,8-13H2,1-2H3;1H. The molecule has 0 saturated carbocycles. The molecule has 130 valence electrons. The summed E-state index contributed by atoms with van der Waals surface area (Å²) in [5, 5.41) is 3.35. The molecule has 1 fully saturated rings. The Labute approximate surface area is 147 Å². The number of hydrogen-bond donors (Lipinski definition) is 1. The minimum Gasteiger partial charge on any atom is -0.341 e. The molecular formula is C17H27ClN2O2S. The largest absolute Gasteiger partial charge is 0.341 e. The van der Waals surface area contributed by atoms with E-state index in [1.54, 1.807) is 11.2 Å². The zero-order chi connectivity index (χ0) is 15.9. The van der Waals surface area contributed by atoms with Crippen molar-refractivity contribution in [2.45, 2.75) is 37.1 Å². The Morgan fingerprint density at radius 1 is 1.26 bits per heavy atom. The van der Waals surface area contributed by atoms with Gasteiger partial charge in [0.2, 0.25) is 5.91 Å². The van der Waals surface area contributed by atoms with Crippen molar-refractivity contribution in [3.8, 4) is 0 Å². The maximum atomic E-state index is 12.2. The molecule has 0 bridgehead atoms. The van der Waals surface area contributed by atoms with Crippen LogP contribution in [0.1, 0.15) is 31.2 Å². The second kappa shape index (κ2) is 10.1. The summed E-state index contributed by atoms with van der Waals surface area (Å²) in [6.07, 6.45) is 5.68. The normalized spacial score (nSPS) is 16.4. The molecule has 23 heavy (non-hydrogen) atoms. The number of halogens is 1. The summed E-state index contributed by atoms with van der Waals surface area (Å²) in [5.41, 5.74) is 1.08. The van der Waals surface area contributed by atoms with E-state index in [2.05, 4.69) is 5.32 Å². The molecule has 0 spiro atoms. The molecular weight excluding hydrogens is 332 g/mol. The van der Waals surface area contributed by atoms with Crippen molar-refractivity contribution in [3.63, 3.8) is 0 Å². The summed E-state index contributed by atoms with van der Waals surface area (Å²) < 4.78 is 11.4. The minimum absolute atomic E-state index is 0. The fraction of sp³-hybridized carbons (Fsp3) is 0.588. The van der Waals surface area contributed by atoms with Crippen molar-refractivity contribution in [3.05, 3.63) is 29.8 Å². The molecule has 6 heteroatoms. The zero-order valence-electron chi connectivity index (χ0n) is 13.9. The molecule has 1 atom stereocenters. The fourth-order valence-electron chi connectivity index (χ4n) is 2.84. The van der Waals surface area contributed by atoms with E-state index < -0.39 is 10.8 Å². The van der Waals surface area contributed by atoms with Gasteiger partial charge in [-0.2, -0.15) is 0 Å². The average molecular weight is 359 g/mol. The average Bonchev–Trinajstić information content (AvgIpc) is 2.54. The molecule has 1 saturated heterocycles. The highest BCUT2D eigenvalue weighted by molar-refractivity contribution is 7.84. The van der Waals surface area contributed by atoms with Gasteiger partial charge in [0, 0.05) is 42.0 Å². The van der Waals surface area contributed by atoms with Gasteiger partial charge < -0.3 is 10.2 Å². The quantitative estimate of drug-likeness (QED) is 0.850. The van der Waals surface area contributed by atoms with Crippen molar-refractivity contribution in [1.29, 1.82) is 0 Å². The molecule has 2 rings (SSSR count). The van der Waals surface area contributed by atoms with E-state index in [1.165, 1.54) is 12.8 Å². The number of nitrogens with one attached hydrogen (secondary N) is 1. The topological polar surface area (TPSA) is 49.4 Å². The third-order valence-electron chi connectivity index (χ3n) is 4.33. The second-order valence-corrected chi connectivity index (χ2v) is 7.46. The highest BCUT2D eigenvalue weighted by atomic mass is 35.5. The summed E-state index contributed by atoms with van der Waals surface area (Å²) in [6, 6.07) is 7.65. The lowest BCUT2D eigenvalue weighted by molar-refractivity contribution is -0.130. The van der Waals surface area contributed by atoms with Crippen LogP contribution in [0, 0.1) is 5.92 Å². The molecule has 0 aromatic heterocycles. The van der Waals surface area contributed by atoms with Crippen LogP contribution < -0.4 is 5.32 Å². The van der Waals surface area contributed by atoms with Gasteiger partial charge in [-0.15, -0.1) is 12.4 Å². The molecule has 1 aliphatic rings. The van der Waals surface area contributed by atoms with E-state index in [0.717, 1.165) is 30.0 Å². The van der Waals surface area contributed by atoms with E-state index in [4.69, 9.17) is 0 Å². The van der Waals surface area contributed by atoms with Gasteiger partial charge in [-0.3, -0.25) is 9.00 Å². The highest BCUT2D eigenvalue weighted by Crippen LogP contribution is 2.18. The van der Waals surface area contributed by atoms with Crippen LogP contribution in [0.4, 0.5) is 0 Å². The summed E-state index contributed by atoms with van der Waals surface area (Å²) in [7, 11) is 0.907. The van der Waals surface area contributed by atoms with Crippen molar-refractivity contribution in [2.24, 2.45) is 5.92 Å². The summed E-state index contributed by atoms with van der Waals surface area (Å²) in [5.74, 6) is 0.902. The van der Waals surface area contributed by atoms with Crippen LogP contribution in [-0.2, 0) is 22.1 Å². The molecule has 1 N–H and O–H groups in total. The van der Waals surface area contributed by atoms with Gasteiger partial charge in [-0.05, 0) is 56.0 Å². The Bertz CT molecular complexity index is 516. The molecule has 1 aromatic rings. The van der Waals surface area contributed by atoms with E-state index in [9.17, 15) is 9.00 Å². The minimum atomic E-state index is -0.950. The molecule has 4 nitrogen and oxygen atoms in total. The monoisotopic (exact) mass is 358 g/mol. The maximum absolute atomic E-state index is 12.2. The Morgan fingerprint density at radius 3 is 2.43 bits per heavy atom. The third-order valence-corrected chi connectivity index (χ3v) is 5.26. The van der Waals surface area contributed by atoms with Crippen LogP contribution in [0.25, 0.3) is 0 Å². The Balaban J connectivity index is 0.00000264. The lowest BCUT2D eigenvalue weighted by Gasteiger charge is -2.23. The van der Waals surface area contributed by atoms with Crippen molar-refractivity contribution in [1.82, 2.24) is 10.2 Å². The molecule has 1 aromatic carbocycles. The van der Waals surface area contributed by atoms with Crippen LogP contribution >= 0.6 is 12.4 Å². The number of benzene rings is 1. The van der Waals surface area contributed by atoms with E-state index in [1.807, 2.05) is 31.3 Å². The molecule has 0 radical (unpaired) electrons. The van der Waals surface area contributed by atoms with E-state index in [0.29, 0.717) is 18.9 Å². The Hall–Kier alpha value is -0.910. The SMILES string of the molecule is CN(Cc1ccc(S(C)=O)cc1)C(=O)CCC1CCNCC1.Cl. The first-order valence-electron chi connectivity index (χ1n) is 7.93. The summed E-state index contributed by atoms with van der Waals surface area (Å²) >= 11 is 0. The van der Waals surface area contributed by atoms with Crippen LogP contribution in [0.5, 0.6) is 0 Å². The zero-order valence-corrected chi connectivity index (χ0v) is 15.5. The molecule has 1 amide bonds. The smallest absolute Gasteiger partial charge is 0.222 e. The molecule has 1 unspecified atom stereocenters. The number of amides is 1. The number of rotatable bonds is 6. The first-order chi connectivity index (χ1) is 10.6. The molecule has 1 aliphatic heterocycles. The van der Waals surface area contributed by atoms with Crippen LogP contribution in [0.2, 0.25) is 0 Å². The third kappa shape index (κ3) is 6.61. The highest BCUT2D eigenvalue weighted by Gasteiger charge is 2.16. The molecule has 1 heterocycles. The van der Waals surface area contributed by atoms with Crippen molar-refractivity contribution >= 4 is 29.1 Å². The van der Waals surface area contributed by atoms with Crippen LogP contribution in [0.15, 0.2) is 29.2 Å². The van der Waals surface area contributed by atoms with Crippen LogP contribution in [-0.4, -0.2) is 41.4 Å². The Morgan fingerprint density at radius 2 is 1.87 bits per heavy atom. The van der Waals surface area contributed by atoms with Gasteiger partial charge in [0.25, 0.3) is 0 Å². The molecule has 0 aliphatic carbocycles. The number of hydrogen-bond acceptors (Lipinski definition) is 3. The number of nitrogens with zero attached hydrogens (tertiary/aromatic N) is 1. The summed E-state index contributed by atoms with van der Waals surface area (Å²) in [4.78, 5) is 14.8. The first-order valence-corrected chi connectivity index (χ1v) is 9.49. The van der Waals surface area contributed by atoms with Crippen molar-refractivity contribution < 1.29 is 9.00 Å².